The van der Waals surface area contributed by atoms with E-state index in [4.69, 9.17) is 4.74 Å². The number of amides is 1. The number of fused-ring (bicyclic) bond motifs is 1. The summed E-state index contributed by atoms with van der Waals surface area (Å²) in [6.45, 7) is 8.45. The van der Waals surface area contributed by atoms with Gasteiger partial charge in [0.1, 0.15) is 10.6 Å². The van der Waals surface area contributed by atoms with Gasteiger partial charge in [0.2, 0.25) is 0 Å². The molecule has 3 rings (SSSR count). The van der Waals surface area contributed by atoms with Gasteiger partial charge in [-0.05, 0) is 44.9 Å². The Balaban J connectivity index is 1.90. The average Bonchev–Trinajstić information content (AvgIpc) is 3.02. The van der Waals surface area contributed by atoms with Crippen molar-refractivity contribution in [3.05, 3.63) is 51.4 Å². The molecule has 2 aromatic heterocycles. The Labute approximate surface area is 174 Å². The molecule has 0 fully saturated rings. The number of aryl methyl sites for hydroxylation is 2. The van der Waals surface area contributed by atoms with Crippen molar-refractivity contribution in [3.8, 4) is 5.75 Å². The summed E-state index contributed by atoms with van der Waals surface area (Å²) in [5.74, 6) is 0.355. The van der Waals surface area contributed by atoms with Crippen LogP contribution in [0.4, 0.5) is 5.69 Å². The summed E-state index contributed by atoms with van der Waals surface area (Å²) >= 11 is 1.24. The first kappa shape index (κ1) is 21.0. The normalized spacial score (nSPS) is 11.2. The minimum atomic E-state index is -0.262. The third kappa shape index (κ3) is 4.67. The number of para-hydroxylation sites is 2. The molecule has 7 heteroatoms. The Morgan fingerprint density at radius 3 is 2.76 bits per heavy atom. The molecule has 6 nitrogen and oxygen atoms in total. The van der Waals surface area contributed by atoms with Gasteiger partial charge in [0, 0.05) is 6.54 Å². The Morgan fingerprint density at radius 2 is 2.03 bits per heavy atom. The number of aromatic nitrogens is 2. The summed E-state index contributed by atoms with van der Waals surface area (Å²) in [7, 11) is 0. The lowest BCUT2D eigenvalue weighted by molar-refractivity contribution is 0.102. The zero-order valence-corrected chi connectivity index (χ0v) is 18.1. The van der Waals surface area contributed by atoms with Gasteiger partial charge in [0.05, 0.1) is 28.4 Å². The number of unbranched alkanes of at least 4 members (excludes halogenated alkanes) is 2. The third-order valence-corrected chi connectivity index (χ3v) is 5.82. The average molecular weight is 414 g/mol. The summed E-state index contributed by atoms with van der Waals surface area (Å²) in [6.07, 6.45) is 4.68. The van der Waals surface area contributed by atoms with Crippen LogP contribution in [-0.4, -0.2) is 21.6 Å². The molecule has 0 aliphatic carbocycles. The van der Waals surface area contributed by atoms with Crippen molar-refractivity contribution in [2.45, 2.75) is 59.6 Å². The Bertz CT molecular complexity index is 1070. The van der Waals surface area contributed by atoms with Crippen LogP contribution in [0.15, 0.2) is 35.4 Å². The van der Waals surface area contributed by atoms with E-state index in [1.54, 1.807) is 17.0 Å². The van der Waals surface area contributed by atoms with Gasteiger partial charge < -0.3 is 10.1 Å². The number of hydrogen-bond acceptors (Lipinski definition) is 5. The van der Waals surface area contributed by atoms with E-state index >= 15 is 0 Å². The molecule has 0 bridgehead atoms. The van der Waals surface area contributed by atoms with Crippen LogP contribution in [0, 0.1) is 6.92 Å². The second kappa shape index (κ2) is 9.22. The Hall–Kier alpha value is -2.67. The van der Waals surface area contributed by atoms with E-state index in [1.165, 1.54) is 11.3 Å². The first-order chi connectivity index (χ1) is 13.9. The number of ether oxygens (including phenoxy) is 1. The number of benzene rings is 1. The van der Waals surface area contributed by atoms with Crippen LogP contribution in [-0.2, 0) is 6.54 Å². The highest BCUT2D eigenvalue weighted by Crippen LogP contribution is 2.30. The Morgan fingerprint density at radius 1 is 1.28 bits per heavy atom. The minimum Gasteiger partial charge on any atom is -0.489 e. The maximum Gasteiger partial charge on any atom is 0.266 e. The number of carbonyl (C=O) groups excluding carboxylic acids is 1. The molecule has 3 aromatic rings. The smallest absolute Gasteiger partial charge is 0.266 e. The molecule has 0 atom stereocenters. The topological polar surface area (TPSA) is 73.2 Å². The zero-order valence-electron chi connectivity index (χ0n) is 17.3. The first-order valence-corrected chi connectivity index (χ1v) is 10.8. The van der Waals surface area contributed by atoms with Crippen molar-refractivity contribution in [2.75, 3.05) is 5.32 Å². The number of carbonyl (C=O) groups is 1. The summed E-state index contributed by atoms with van der Waals surface area (Å²) in [4.78, 5) is 31.4. The van der Waals surface area contributed by atoms with Gasteiger partial charge >= 0.3 is 0 Å². The summed E-state index contributed by atoms with van der Waals surface area (Å²) in [5.41, 5.74) is 1.20. The van der Waals surface area contributed by atoms with E-state index < -0.39 is 0 Å². The molecule has 1 amide bonds. The molecule has 1 aromatic carbocycles. The van der Waals surface area contributed by atoms with E-state index in [9.17, 15) is 9.59 Å². The number of rotatable bonds is 8. The lowest BCUT2D eigenvalue weighted by Crippen LogP contribution is -2.20. The van der Waals surface area contributed by atoms with Gasteiger partial charge in [-0.25, -0.2) is 4.98 Å². The van der Waals surface area contributed by atoms with E-state index in [0.717, 1.165) is 19.3 Å². The van der Waals surface area contributed by atoms with Gasteiger partial charge in [-0.15, -0.1) is 11.3 Å². The predicted molar refractivity (Wildman–Crippen MR) is 118 cm³/mol. The minimum absolute atomic E-state index is 0.00510. The Kier molecular flexibility index (Phi) is 6.69. The van der Waals surface area contributed by atoms with Gasteiger partial charge in [-0.3, -0.25) is 14.2 Å². The quantitative estimate of drug-likeness (QED) is 0.528. The van der Waals surface area contributed by atoms with Gasteiger partial charge in [-0.2, -0.15) is 0 Å². The highest BCUT2D eigenvalue weighted by molar-refractivity contribution is 7.20. The number of hydrogen-bond donors (Lipinski definition) is 1. The lowest BCUT2D eigenvalue weighted by Gasteiger charge is -2.14. The van der Waals surface area contributed by atoms with Gasteiger partial charge in [0.15, 0.2) is 0 Å². The molecule has 0 spiro atoms. The van der Waals surface area contributed by atoms with Crippen LogP contribution in [0.2, 0.25) is 0 Å². The fourth-order valence-electron chi connectivity index (χ4n) is 3.17. The monoisotopic (exact) mass is 413 g/mol. The van der Waals surface area contributed by atoms with Crippen molar-refractivity contribution >= 4 is 33.1 Å². The molecular formula is C22H27N3O3S. The number of nitrogens with zero attached hydrogens (tertiary/aromatic N) is 2. The highest BCUT2D eigenvalue weighted by Gasteiger charge is 2.20. The van der Waals surface area contributed by atoms with Crippen molar-refractivity contribution in [2.24, 2.45) is 0 Å². The molecule has 0 radical (unpaired) electrons. The highest BCUT2D eigenvalue weighted by atomic mass is 32.1. The van der Waals surface area contributed by atoms with Crippen LogP contribution >= 0.6 is 11.3 Å². The van der Waals surface area contributed by atoms with Crippen LogP contribution < -0.4 is 15.6 Å². The number of anilines is 1. The van der Waals surface area contributed by atoms with E-state index in [0.29, 0.717) is 38.6 Å². The van der Waals surface area contributed by atoms with E-state index in [-0.39, 0.29) is 17.6 Å². The third-order valence-electron chi connectivity index (χ3n) is 4.62. The van der Waals surface area contributed by atoms with Crippen molar-refractivity contribution in [3.63, 3.8) is 0 Å². The molecule has 0 unspecified atom stereocenters. The second-order valence-corrected chi connectivity index (χ2v) is 8.30. The fourth-order valence-corrected chi connectivity index (χ4v) is 4.21. The standard InChI is InChI=1S/C22H27N3O3S/c1-5-6-9-12-25-13-23-21-18(22(25)27)15(4)19(29-21)20(26)24-16-10-7-8-11-17(16)28-14(2)3/h7-8,10-11,13-14H,5-6,9,12H2,1-4H3,(H,24,26). The molecule has 0 aliphatic rings. The zero-order chi connectivity index (χ0) is 21.0. The van der Waals surface area contributed by atoms with E-state index in [2.05, 4.69) is 17.2 Å². The van der Waals surface area contributed by atoms with Crippen LogP contribution in [0.3, 0.4) is 0 Å². The van der Waals surface area contributed by atoms with Crippen molar-refractivity contribution in [1.29, 1.82) is 0 Å². The molecule has 0 saturated heterocycles. The van der Waals surface area contributed by atoms with E-state index in [1.807, 2.05) is 39.0 Å². The van der Waals surface area contributed by atoms with Crippen molar-refractivity contribution < 1.29 is 9.53 Å². The largest absolute Gasteiger partial charge is 0.489 e. The molecule has 154 valence electrons. The lowest BCUT2D eigenvalue weighted by atomic mass is 10.2. The van der Waals surface area contributed by atoms with Gasteiger partial charge in [-0.1, -0.05) is 31.9 Å². The van der Waals surface area contributed by atoms with Crippen LogP contribution in [0.5, 0.6) is 5.75 Å². The molecule has 1 N–H and O–H groups in total. The molecular weight excluding hydrogens is 386 g/mol. The predicted octanol–water partition coefficient (Wildman–Crippen LogP) is 5.00. The number of nitrogens with one attached hydrogen (secondary N) is 1. The van der Waals surface area contributed by atoms with Crippen molar-refractivity contribution in [1.82, 2.24) is 9.55 Å². The maximum atomic E-state index is 13.0. The van der Waals surface area contributed by atoms with Gasteiger partial charge in [0.25, 0.3) is 11.5 Å². The molecule has 0 saturated carbocycles. The molecule has 2 heterocycles. The summed E-state index contributed by atoms with van der Waals surface area (Å²) < 4.78 is 7.42. The molecule has 29 heavy (non-hydrogen) atoms. The SMILES string of the molecule is CCCCCn1cnc2sc(C(=O)Nc3ccccc3OC(C)C)c(C)c2c1=O. The number of thiophene rings is 1. The molecule has 0 aliphatic heterocycles. The fraction of sp³-hybridized carbons (Fsp3) is 0.409. The second-order valence-electron chi connectivity index (χ2n) is 7.30. The first-order valence-electron chi connectivity index (χ1n) is 9.98. The maximum absolute atomic E-state index is 13.0. The van der Waals surface area contributed by atoms with Crippen LogP contribution in [0.1, 0.15) is 55.3 Å². The van der Waals surface area contributed by atoms with Crippen LogP contribution in [0.25, 0.3) is 10.2 Å². The summed E-state index contributed by atoms with van der Waals surface area (Å²) in [5, 5.41) is 3.45. The summed E-state index contributed by atoms with van der Waals surface area (Å²) in [6, 6.07) is 7.33.